The fourth-order valence-electron chi connectivity index (χ4n) is 1.95. The van der Waals surface area contributed by atoms with E-state index in [0.717, 1.165) is 21.2 Å². The molecule has 3 rings (SSSR count). The molecule has 1 heterocycles. The maximum Gasteiger partial charge on any atom is 0.205 e. The monoisotopic (exact) mass is 413 g/mol. The highest BCUT2D eigenvalue weighted by Crippen LogP contribution is 2.26. The molecule has 0 fully saturated rings. The van der Waals surface area contributed by atoms with Gasteiger partial charge in [-0.1, -0.05) is 22.0 Å². The smallest absolute Gasteiger partial charge is 0.205 e. The molecule has 0 aliphatic carbocycles. The van der Waals surface area contributed by atoms with E-state index in [-0.39, 0.29) is 0 Å². The molecule has 1 aromatic heterocycles. The second kappa shape index (κ2) is 4.55. The topological polar surface area (TPSA) is 43.8 Å². The molecule has 0 unspecified atom stereocenters. The molecule has 0 radical (unpaired) electrons. The summed E-state index contributed by atoms with van der Waals surface area (Å²) in [5, 5.41) is 0. The van der Waals surface area contributed by atoms with Crippen LogP contribution in [0, 0.1) is 3.57 Å². The predicted molar refractivity (Wildman–Crippen MR) is 85.9 cm³/mol. The van der Waals surface area contributed by atoms with Crippen LogP contribution in [0.5, 0.6) is 0 Å². The number of fused-ring (bicyclic) bond motifs is 1. The van der Waals surface area contributed by atoms with Crippen LogP contribution in [0.1, 0.15) is 0 Å². The molecule has 0 spiro atoms. The van der Waals surface area contributed by atoms with Gasteiger partial charge in [0.25, 0.3) is 0 Å². The maximum atomic E-state index is 6.02. The van der Waals surface area contributed by atoms with Crippen molar-refractivity contribution >= 4 is 55.5 Å². The molecule has 2 N–H and O–H groups in total. The molecule has 0 amide bonds. The average molecular weight is 414 g/mol. The number of hydrogen-bond acceptors (Lipinski definition) is 2. The lowest BCUT2D eigenvalue weighted by Crippen LogP contribution is -2.00. The van der Waals surface area contributed by atoms with E-state index in [1.807, 2.05) is 34.9 Å². The Bertz CT molecular complexity index is 736. The molecular weight excluding hydrogens is 405 g/mol. The van der Waals surface area contributed by atoms with Crippen LogP contribution in [0.15, 0.2) is 46.9 Å². The quantitative estimate of drug-likeness (QED) is 0.613. The highest BCUT2D eigenvalue weighted by molar-refractivity contribution is 14.1. The minimum absolute atomic E-state index is 0.505. The van der Waals surface area contributed by atoms with E-state index in [1.165, 1.54) is 3.57 Å². The number of nitrogens with zero attached hydrogens (tertiary/aromatic N) is 2. The van der Waals surface area contributed by atoms with Gasteiger partial charge in [-0.3, -0.25) is 4.57 Å². The van der Waals surface area contributed by atoms with Gasteiger partial charge in [0.15, 0.2) is 0 Å². The Hall–Kier alpha value is -1.08. The Morgan fingerprint density at radius 2 is 2.00 bits per heavy atom. The van der Waals surface area contributed by atoms with Gasteiger partial charge in [-0.05, 0) is 59.0 Å². The summed E-state index contributed by atoms with van der Waals surface area (Å²) in [4.78, 5) is 4.38. The van der Waals surface area contributed by atoms with E-state index in [1.54, 1.807) is 0 Å². The Kier molecular flexibility index (Phi) is 3.03. The van der Waals surface area contributed by atoms with E-state index < -0.39 is 0 Å². The third-order valence-corrected chi connectivity index (χ3v) is 3.87. The number of hydrogen-bond donors (Lipinski definition) is 1. The Balaban J connectivity index is 2.34. The van der Waals surface area contributed by atoms with E-state index in [9.17, 15) is 0 Å². The van der Waals surface area contributed by atoms with Gasteiger partial charge in [-0.25, -0.2) is 4.98 Å². The summed E-state index contributed by atoms with van der Waals surface area (Å²) in [6.45, 7) is 0. The number of nitrogen functional groups attached to an aromatic ring is 1. The van der Waals surface area contributed by atoms with Gasteiger partial charge in [0.2, 0.25) is 5.95 Å². The molecule has 0 atom stereocenters. The van der Waals surface area contributed by atoms with Gasteiger partial charge in [0.05, 0.1) is 16.7 Å². The fraction of sp³-hybridized carbons (Fsp3) is 0. The SMILES string of the molecule is Nc1nc2ccc(Br)cc2n1-c1cccc(I)c1. The van der Waals surface area contributed by atoms with Crippen molar-refractivity contribution in [1.82, 2.24) is 9.55 Å². The molecule has 0 saturated carbocycles. The molecular formula is C13H9BrIN3. The van der Waals surface area contributed by atoms with Crippen LogP contribution >= 0.6 is 38.5 Å². The molecule has 3 nitrogen and oxygen atoms in total. The second-order valence-electron chi connectivity index (χ2n) is 3.92. The maximum absolute atomic E-state index is 6.02. The molecule has 2 aromatic carbocycles. The van der Waals surface area contributed by atoms with Crippen LogP contribution in [-0.4, -0.2) is 9.55 Å². The lowest BCUT2D eigenvalue weighted by Gasteiger charge is -2.07. The van der Waals surface area contributed by atoms with Crippen molar-refractivity contribution in [3.8, 4) is 5.69 Å². The van der Waals surface area contributed by atoms with Crippen molar-refractivity contribution in [2.45, 2.75) is 0 Å². The first kappa shape index (κ1) is 12.0. The highest BCUT2D eigenvalue weighted by Gasteiger charge is 2.10. The minimum atomic E-state index is 0.505. The first-order valence-electron chi connectivity index (χ1n) is 5.34. The molecule has 0 aliphatic rings. The van der Waals surface area contributed by atoms with Crippen LogP contribution in [0.2, 0.25) is 0 Å². The zero-order valence-electron chi connectivity index (χ0n) is 9.27. The largest absolute Gasteiger partial charge is 0.369 e. The molecule has 90 valence electrons. The van der Waals surface area contributed by atoms with Gasteiger partial charge < -0.3 is 5.73 Å². The summed E-state index contributed by atoms with van der Waals surface area (Å²) >= 11 is 5.77. The van der Waals surface area contributed by atoms with Crippen LogP contribution in [-0.2, 0) is 0 Å². The van der Waals surface area contributed by atoms with E-state index in [0.29, 0.717) is 5.95 Å². The van der Waals surface area contributed by atoms with Gasteiger partial charge in [-0.15, -0.1) is 0 Å². The van der Waals surface area contributed by atoms with Crippen molar-refractivity contribution in [2.24, 2.45) is 0 Å². The zero-order chi connectivity index (χ0) is 12.7. The van der Waals surface area contributed by atoms with Gasteiger partial charge in [0, 0.05) is 8.04 Å². The molecule has 5 heteroatoms. The Morgan fingerprint density at radius 1 is 1.17 bits per heavy atom. The van der Waals surface area contributed by atoms with Crippen molar-refractivity contribution in [2.75, 3.05) is 5.73 Å². The predicted octanol–water partition coefficient (Wildman–Crippen LogP) is 3.97. The summed E-state index contributed by atoms with van der Waals surface area (Å²) in [6.07, 6.45) is 0. The molecule has 18 heavy (non-hydrogen) atoms. The summed E-state index contributed by atoms with van der Waals surface area (Å²) in [5.41, 5.74) is 8.95. The van der Waals surface area contributed by atoms with E-state index in [2.05, 4.69) is 55.6 Å². The first-order chi connectivity index (χ1) is 8.65. The number of nitrogens with two attached hydrogens (primary N) is 1. The fourth-order valence-corrected chi connectivity index (χ4v) is 2.83. The van der Waals surface area contributed by atoms with Gasteiger partial charge >= 0.3 is 0 Å². The van der Waals surface area contributed by atoms with E-state index in [4.69, 9.17) is 5.73 Å². The Labute approximate surface area is 126 Å². The number of rotatable bonds is 1. The second-order valence-corrected chi connectivity index (χ2v) is 6.08. The van der Waals surface area contributed by atoms with Crippen LogP contribution in [0.3, 0.4) is 0 Å². The number of aromatic nitrogens is 2. The Morgan fingerprint density at radius 3 is 2.78 bits per heavy atom. The minimum Gasteiger partial charge on any atom is -0.369 e. The third kappa shape index (κ3) is 2.01. The highest BCUT2D eigenvalue weighted by atomic mass is 127. The van der Waals surface area contributed by atoms with Crippen LogP contribution in [0.25, 0.3) is 16.7 Å². The molecule has 0 aliphatic heterocycles. The van der Waals surface area contributed by atoms with Gasteiger partial charge in [0.1, 0.15) is 0 Å². The average Bonchev–Trinajstić information content (AvgIpc) is 2.64. The number of halogens is 2. The standard InChI is InChI=1S/C13H9BrIN3/c14-8-4-5-11-12(6-8)18(13(16)17-11)10-3-1-2-9(15)7-10/h1-7H,(H2,16,17). The first-order valence-corrected chi connectivity index (χ1v) is 7.22. The number of benzene rings is 2. The molecule has 0 saturated heterocycles. The molecule has 3 aromatic rings. The van der Waals surface area contributed by atoms with Crippen LogP contribution in [0.4, 0.5) is 5.95 Å². The van der Waals surface area contributed by atoms with Crippen LogP contribution < -0.4 is 5.73 Å². The van der Waals surface area contributed by atoms with Gasteiger partial charge in [-0.2, -0.15) is 0 Å². The van der Waals surface area contributed by atoms with Crippen molar-refractivity contribution in [3.63, 3.8) is 0 Å². The summed E-state index contributed by atoms with van der Waals surface area (Å²) < 4.78 is 4.14. The van der Waals surface area contributed by atoms with Crippen molar-refractivity contribution in [3.05, 3.63) is 50.5 Å². The summed E-state index contributed by atoms with van der Waals surface area (Å²) in [7, 11) is 0. The zero-order valence-corrected chi connectivity index (χ0v) is 13.0. The normalized spacial score (nSPS) is 11.0. The molecule has 0 bridgehead atoms. The number of anilines is 1. The summed E-state index contributed by atoms with van der Waals surface area (Å²) in [5.74, 6) is 0.505. The van der Waals surface area contributed by atoms with E-state index >= 15 is 0 Å². The van der Waals surface area contributed by atoms with Crippen molar-refractivity contribution < 1.29 is 0 Å². The lowest BCUT2D eigenvalue weighted by atomic mass is 10.3. The summed E-state index contributed by atoms with van der Waals surface area (Å²) in [6, 6.07) is 14.1. The lowest BCUT2D eigenvalue weighted by molar-refractivity contribution is 1.11. The third-order valence-electron chi connectivity index (χ3n) is 2.71. The van der Waals surface area contributed by atoms with Crippen molar-refractivity contribution in [1.29, 1.82) is 0 Å². The number of imidazole rings is 1.